The molecular formula is C14H25N3O3. The summed E-state index contributed by atoms with van der Waals surface area (Å²) in [5, 5.41) is 3.35. The van der Waals surface area contributed by atoms with Crippen molar-refractivity contribution in [1.82, 2.24) is 10.2 Å². The van der Waals surface area contributed by atoms with Gasteiger partial charge in [0, 0.05) is 33.3 Å². The van der Waals surface area contributed by atoms with Crippen LogP contribution in [0.15, 0.2) is 4.99 Å². The van der Waals surface area contributed by atoms with E-state index in [0.29, 0.717) is 6.54 Å². The molecule has 20 heavy (non-hydrogen) atoms. The fourth-order valence-electron chi connectivity index (χ4n) is 2.94. The highest BCUT2D eigenvalue weighted by atomic mass is 16.5. The number of carbonyl (C=O) groups excluding carboxylic acids is 1. The van der Waals surface area contributed by atoms with Gasteiger partial charge in [0.25, 0.3) is 0 Å². The Morgan fingerprint density at radius 1 is 1.50 bits per heavy atom. The van der Waals surface area contributed by atoms with Crippen molar-refractivity contribution in [3.63, 3.8) is 0 Å². The van der Waals surface area contributed by atoms with E-state index in [4.69, 9.17) is 9.47 Å². The number of nitrogens with zero attached hydrogens (tertiary/aromatic N) is 2. The van der Waals surface area contributed by atoms with E-state index in [0.717, 1.165) is 38.5 Å². The standard InChI is InChI=1S/C14H25N3O3/c1-10-8-17(9-12(10)13(18)19-3)14(15-2)16-7-11-5-4-6-20-11/h10-12H,4-9H2,1-3H3,(H,15,16). The lowest BCUT2D eigenvalue weighted by Gasteiger charge is -2.22. The first kappa shape index (κ1) is 15.1. The lowest BCUT2D eigenvalue weighted by Crippen LogP contribution is -2.43. The van der Waals surface area contributed by atoms with Crippen molar-refractivity contribution in [2.45, 2.75) is 25.9 Å². The molecule has 2 fully saturated rings. The molecule has 0 radical (unpaired) electrons. The molecule has 0 aromatic carbocycles. The van der Waals surface area contributed by atoms with Gasteiger partial charge >= 0.3 is 5.97 Å². The van der Waals surface area contributed by atoms with Gasteiger partial charge in [0.1, 0.15) is 0 Å². The predicted octanol–water partition coefficient (Wildman–Crippen LogP) is 0.482. The van der Waals surface area contributed by atoms with Crippen LogP contribution in [-0.2, 0) is 14.3 Å². The first-order valence-corrected chi connectivity index (χ1v) is 7.30. The highest BCUT2D eigenvalue weighted by molar-refractivity contribution is 5.82. The summed E-state index contributed by atoms with van der Waals surface area (Å²) < 4.78 is 10.5. The summed E-state index contributed by atoms with van der Waals surface area (Å²) in [6.07, 6.45) is 2.52. The minimum atomic E-state index is -0.130. The maximum Gasteiger partial charge on any atom is 0.310 e. The van der Waals surface area contributed by atoms with Gasteiger partial charge in [0.05, 0.1) is 19.1 Å². The SMILES string of the molecule is CN=C(NCC1CCCO1)N1CC(C)C(C(=O)OC)C1. The Morgan fingerprint density at radius 2 is 2.30 bits per heavy atom. The summed E-state index contributed by atoms with van der Waals surface area (Å²) in [7, 11) is 3.22. The molecular weight excluding hydrogens is 258 g/mol. The summed E-state index contributed by atoms with van der Waals surface area (Å²) in [6, 6.07) is 0. The zero-order valence-corrected chi connectivity index (χ0v) is 12.6. The number of rotatable bonds is 3. The number of hydrogen-bond donors (Lipinski definition) is 1. The first-order valence-electron chi connectivity index (χ1n) is 7.30. The number of methoxy groups -OCH3 is 1. The zero-order valence-electron chi connectivity index (χ0n) is 12.6. The van der Waals surface area contributed by atoms with Gasteiger partial charge in [-0.15, -0.1) is 0 Å². The maximum atomic E-state index is 11.7. The van der Waals surface area contributed by atoms with Crippen LogP contribution in [0.5, 0.6) is 0 Å². The Balaban J connectivity index is 1.87. The normalized spacial score (nSPS) is 30.6. The molecule has 0 aromatic heterocycles. The molecule has 1 N–H and O–H groups in total. The Bertz CT molecular complexity index is 367. The number of ether oxygens (including phenoxy) is 2. The molecule has 3 atom stereocenters. The number of nitrogens with one attached hydrogen (secondary N) is 1. The van der Waals surface area contributed by atoms with Gasteiger partial charge in [-0.3, -0.25) is 9.79 Å². The van der Waals surface area contributed by atoms with E-state index in [1.807, 2.05) is 0 Å². The molecule has 0 spiro atoms. The van der Waals surface area contributed by atoms with Crippen LogP contribution in [0.4, 0.5) is 0 Å². The van der Waals surface area contributed by atoms with Crippen molar-refractivity contribution in [2.75, 3.05) is 40.4 Å². The molecule has 2 aliphatic rings. The van der Waals surface area contributed by atoms with E-state index in [-0.39, 0.29) is 23.9 Å². The molecule has 0 bridgehead atoms. The van der Waals surface area contributed by atoms with E-state index in [2.05, 4.69) is 22.1 Å². The molecule has 2 aliphatic heterocycles. The molecule has 0 amide bonds. The maximum absolute atomic E-state index is 11.7. The third-order valence-corrected chi connectivity index (χ3v) is 4.14. The number of carbonyl (C=O) groups is 1. The monoisotopic (exact) mass is 283 g/mol. The molecule has 0 aromatic rings. The van der Waals surface area contributed by atoms with E-state index < -0.39 is 0 Å². The Labute approximate surface area is 120 Å². The molecule has 6 nitrogen and oxygen atoms in total. The lowest BCUT2D eigenvalue weighted by molar-refractivity contribution is -0.145. The number of aliphatic imine (C=N–C) groups is 1. The van der Waals surface area contributed by atoms with Crippen LogP contribution in [0.25, 0.3) is 0 Å². The van der Waals surface area contributed by atoms with E-state index in [1.165, 1.54) is 7.11 Å². The molecule has 2 heterocycles. The van der Waals surface area contributed by atoms with Gasteiger partial charge in [0.15, 0.2) is 5.96 Å². The molecule has 0 saturated carbocycles. The number of esters is 1. The summed E-state index contributed by atoms with van der Waals surface area (Å²) >= 11 is 0. The molecule has 2 saturated heterocycles. The van der Waals surface area contributed by atoms with Crippen LogP contribution in [0.3, 0.4) is 0 Å². The molecule has 114 valence electrons. The van der Waals surface area contributed by atoms with Crippen LogP contribution in [0, 0.1) is 11.8 Å². The first-order chi connectivity index (χ1) is 9.65. The molecule has 2 rings (SSSR count). The van der Waals surface area contributed by atoms with Crippen molar-refractivity contribution < 1.29 is 14.3 Å². The van der Waals surface area contributed by atoms with Crippen molar-refractivity contribution in [2.24, 2.45) is 16.8 Å². The molecule has 6 heteroatoms. The third-order valence-electron chi connectivity index (χ3n) is 4.14. The van der Waals surface area contributed by atoms with Crippen LogP contribution >= 0.6 is 0 Å². The highest BCUT2D eigenvalue weighted by Gasteiger charge is 2.37. The predicted molar refractivity (Wildman–Crippen MR) is 76.6 cm³/mol. The third kappa shape index (κ3) is 3.42. The van der Waals surface area contributed by atoms with Gasteiger partial charge in [-0.2, -0.15) is 0 Å². The summed E-state index contributed by atoms with van der Waals surface area (Å²) in [4.78, 5) is 18.2. The van der Waals surface area contributed by atoms with Crippen molar-refractivity contribution in [3.8, 4) is 0 Å². The quantitative estimate of drug-likeness (QED) is 0.464. The summed E-state index contributed by atoms with van der Waals surface area (Å²) in [6.45, 7) is 5.20. The van der Waals surface area contributed by atoms with Gasteiger partial charge in [-0.05, 0) is 18.8 Å². The Hall–Kier alpha value is -1.30. The second kappa shape index (κ2) is 6.92. The van der Waals surface area contributed by atoms with Crippen molar-refractivity contribution in [1.29, 1.82) is 0 Å². The average molecular weight is 283 g/mol. The second-order valence-corrected chi connectivity index (χ2v) is 5.58. The van der Waals surface area contributed by atoms with Crippen LogP contribution in [0.1, 0.15) is 19.8 Å². The second-order valence-electron chi connectivity index (χ2n) is 5.58. The Kier molecular flexibility index (Phi) is 5.23. The van der Waals surface area contributed by atoms with Crippen molar-refractivity contribution >= 4 is 11.9 Å². The summed E-state index contributed by atoms with van der Waals surface area (Å²) in [5.74, 6) is 0.929. The van der Waals surface area contributed by atoms with Gasteiger partial charge in [0.2, 0.25) is 0 Å². The van der Waals surface area contributed by atoms with Crippen molar-refractivity contribution in [3.05, 3.63) is 0 Å². The van der Waals surface area contributed by atoms with Crippen LogP contribution in [-0.4, -0.2) is 63.3 Å². The van der Waals surface area contributed by atoms with E-state index in [9.17, 15) is 4.79 Å². The fourth-order valence-corrected chi connectivity index (χ4v) is 2.94. The van der Waals surface area contributed by atoms with E-state index in [1.54, 1.807) is 7.05 Å². The van der Waals surface area contributed by atoms with Gasteiger partial charge < -0.3 is 19.7 Å². The lowest BCUT2D eigenvalue weighted by atomic mass is 9.99. The molecule has 0 aliphatic carbocycles. The zero-order chi connectivity index (χ0) is 14.5. The van der Waals surface area contributed by atoms with Crippen LogP contribution in [0.2, 0.25) is 0 Å². The minimum absolute atomic E-state index is 0.0683. The average Bonchev–Trinajstić information content (AvgIpc) is 3.08. The highest BCUT2D eigenvalue weighted by Crippen LogP contribution is 2.24. The van der Waals surface area contributed by atoms with Gasteiger partial charge in [-0.1, -0.05) is 6.92 Å². The minimum Gasteiger partial charge on any atom is -0.469 e. The van der Waals surface area contributed by atoms with Crippen LogP contribution < -0.4 is 5.32 Å². The molecule has 3 unspecified atom stereocenters. The largest absolute Gasteiger partial charge is 0.469 e. The topological polar surface area (TPSA) is 63.2 Å². The fraction of sp³-hybridized carbons (Fsp3) is 0.857. The number of hydrogen-bond acceptors (Lipinski definition) is 4. The van der Waals surface area contributed by atoms with E-state index >= 15 is 0 Å². The Morgan fingerprint density at radius 3 is 2.90 bits per heavy atom. The van der Waals surface area contributed by atoms with Gasteiger partial charge in [-0.25, -0.2) is 0 Å². The number of guanidine groups is 1. The summed E-state index contributed by atoms with van der Waals surface area (Å²) in [5.41, 5.74) is 0. The smallest absolute Gasteiger partial charge is 0.310 e. The number of likely N-dealkylation sites (tertiary alicyclic amines) is 1.